The molecule has 1 saturated carbocycles. The Morgan fingerprint density at radius 1 is 0.413 bits per heavy atom. The maximum atomic E-state index is 5.13. The quantitative estimate of drug-likeness (QED) is 0.204. The summed E-state index contributed by atoms with van der Waals surface area (Å²) in [6, 6.07) is 52.7. The van der Waals surface area contributed by atoms with E-state index in [2.05, 4.69) is 121 Å². The minimum Gasteiger partial charge on any atom is -0.228 e. The van der Waals surface area contributed by atoms with Gasteiger partial charge in [-0.05, 0) is 81.3 Å². The second kappa shape index (κ2) is 10.9. The van der Waals surface area contributed by atoms with Crippen molar-refractivity contribution in [3.05, 3.63) is 157 Å². The molecule has 0 N–H and O–H groups in total. The molecular formula is C44H34N2. The second-order valence-corrected chi connectivity index (χ2v) is 12.9. The van der Waals surface area contributed by atoms with Gasteiger partial charge in [0.2, 0.25) is 0 Å². The standard InChI is InChI=1S/C44H34N2/c1-4-14-30(15-5-1)40-29-41(46-43(45-40)31-16-6-2-7-17-31)35-21-12-20-34(26-35)36-22-13-23-38-42(36)37-27-32-18-8-9-19-33(32)28-39(37)44(38)24-10-3-11-25-44/h1-2,4-9,12-23,26-29H,3,10-11,24-25H2. The number of benzene rings is 6. The van der Waals surface area contributed by atoms with E-state index in [4.69, 9.17) is 9.97 Å². The van der Waals surface area contributed by atoms with E-state index in [-0.39, 0.29) is 5.41 Å². The first kappa shape index (κ1) is 27.0. The first-order chi connectivity index (χ1) is 22.8. The number of nitrogens with zero attached hydrogens (tertiary/aromatic N) is 2. The summed E-state index contributed by atoms with van der Waals surface area (Å²) in [5.41, 5.74) is 13.5. The summed E-state index contributed by atoms with van der Waals surface area (Å²) in [5, 5.41) is 2.65. The predicted molar refractivity (Wildman–Crippen MR) is 191 cm³/mol. The Hall–Kier alpha value is -5.34. The lowest BCUT2D eigenvalue weighted by Gasteiger charge is -2.36. The third-order valence-electron chi connectivity index (χ3n) is 10.3. The summed E-state index contributed by atoms with van der Waals surface area (Å²) in [7, 11) is 0. The van der Waals surface area contributed by atoms with Gasteiger partial charge in [-0.2, -0.15) is 0 Å². The molecule has 0 bridgehead atoms. The zero-order valence-corrected chi connectivity index (χ0v) is 25.8. The lowest BCUT2D eigenvalue weighted by molar-refractivity contribution is 0.353. The highest BCUT2D eigenvalue weighted by Gasteiger charge is 2.44. The van der Waals surface area contributed by atoms with E-state index in [9.17, 15) is 0 Å². The van der Waals surface area contributed by atoms with E-state index < -0.39 is 0 Å². The Labute approximate surface area is 270 Å². The van der Waals surface area contributed by atoms with Gasteiger partial charge in [-0.15, -0.1) is 0 Å². The van der Waals surface area contributed by atoms with Crippen molar-refractivity contribution in [2.45, 2.75) is 37.5 Å². The molecule has 1 fully saturated rings. The molecular weight excluding hydrogens is 556 g/mol. The first-order valence-corrected chi connectivity index (χ1v) is 16.5. The Morgan fingerprint density at radius 2 is 1.02 bits per heavy atom. The Morgan fingerprint density at radius 3 is 1.78 bits per heavy atom. The SMILES string of the molecule is c1ccc(-c2cc(-c3cccc(-c4cccc5c4-c4cc6ccccc6cc4C54CCCCC4)c3)nc(-c3ccccc3)n2)cc1. The molecule has 0 unspecified atom stereocenters. The molecule has 6 aromatic carbocycles. The Kier molecular flexibility index (Phi) is 6.41. The van der Waals surface area contributed by atoms with Gasteiger partial charge >= 0.3 is 0 Å². The largest absolute Gasteiger partial charge is 0.228 e. The molecule has 0 amide bonds. The van der Waals surface area contributed by atoms with Gasteiger partial charge in [0.05, 0.1) is 11.4 Å². The van der Waals surface area contributed by atoms with Crippen LogP contribution in [0.3, 0.4) is 0 Å². The van der Waals surface area contributed by atoms with Crippen LogP contribution in [0.5, 0.6) is 0 Å². The molecule has 1 heterocycles. The molecule has 2 nitrogen and oxygen atoms in total. The third-order valence-corrected chi connectivity index (χ3v) is 10.3. The molecule has 2 heteroatoms. The van der Waals surface area contributed by atoms with Crippen molar-refractivity contribution in [2.75, 3.05) is 0 Å². The molecule has 2 aliphatic rings. The Balaban J connectivity index is 1.23. The number of aromatic nitrogens is 2. The fourth-order valence-electron chi connectivity index (χ4n) is 8.08. The van der Waals surface area contributed by atoms with Crippen molar-refractivity contribution in [2.24, 2.45) is 0 Å². The summed E-state index contributed by atoms with van der Waals surface area (Å²) >= 11 is 0. The van der Waals surface area contributed by atoms with E-state index in [1.54, 1.807) is 0 Å². The average molecular weight is 591 g/mol. The highest BCUT2D eigenvalue weighted by Crippen LogP contribution is 2.58. The summed E-state index contributed by atoms with van der Waals surface area (Å²) in [4.78, 5) is 10.1. The van der Waals surface area contributed by atoms with E-state index in [1.807, 2.05) is 24.3 Å². The number of hydrogen-bond donors (Lipinski definition) is 0. The fourth-order valence-corrected chi connectivity index (χ4v) is 8.08. The molecule has 9 rings (SSSR count). The van der Waals surface area contributed by atoms with Crippen LogP contribution in [0.1, 0.15) is 43.2 Å². The van der Waals surface area contributed by atoms with Crippen molar-refractivity contribution in [3.8, 4) is 56.2 Å². The third kappa shape index (κ3) is 4.40. The molecule has 7 aromatic rings. The van der Waals surface area contributed by atoms with E-state index in [1.165, 1.54) is 76.3 Å². The average Bonchev–Trinajstić information content (AvgIpc) is 3.39. The monoisotopic (exact) mass is 590 g/mol. The molecule has 220 valence electrons. The molecule has 0 saturated heterocycles. The maximum absolute atomic E-state index is 5.13. The lowest BCUT2D eigenvalue weighted by Crippen LogP contribution is -2.28. The summed E-state index contributed by atoms with van der Waals surface area (Å²) in [6.07, 6.45) is 6.34. The highest BCUT2D eigenvalue weighted by atomic mass is 14.9. The van der Waals surface area contributed by atoms with Crippen LogP contribution in [0.4, 0.5) is 0 Å². The van der Waals surface area contributed by atoms with Crippen LogP contribution in [-0.2, 0) is 5.41 Å². The maximum Gasteiger partial charge on any atom is 0.160 e. The molecule has 1 aromatic heterocycles. The van der Waals surface area contributed by atoms with Gasteiger partial charge in [-0.3, -0.25) is 0 Å². The number of fused-ring (bicyclic) bond motifs is 6. The topological polar surface area (TPSA) is 25.8 Å². The van der Waals surface area contributed by atoms with Crippen LogP contribution in [0.2, 0.25) is 0 Å². The van der Waals surface area contributed by atoms with Gasteiger partial charge in [0.25, 0.3) is 0 Å². The van der Waals surface area contributed by atoms with Gasteiger partial charge in [0.15, 0.2) is 5.82 Å². The van der Waals surface area contributed by atoms with Gasteiger partial charge in [0, 0.05) is 22.1 Å². The normalized spacial score (nSPS) is 14.7. The minimum absolute atomic E-state index is 0.0996. The molecule has 46 heavy (non-hydrogen) atoms. The van der Waals surface area contributed by atoms with Crippen LogP contribution >= 0.6 is 0 Å². The van der Waals surface area contributed by atoms with Crippen LogP contribution in [-0.4, -0.2) is 9.97 Å². The molecule has 2 aliphatic carbocycles. The first-order valence-electron chi connectivity index (χ1n) is 16.5. The zero-order chi connectivity index (χ0) is 30.5. The highest BCUT2D eigenvalue weighted by molar-refractivity contribution is 5.99. The van der Waals surface area contributed by atoms with Gasteiger partial charge in [0.1, 0.15) is 0 Å². The van der Waals surface area contributed by atoms with Gasteiger partial charge < -0.3 is 0 Å². The summed E-state index contributed by atoms with van der Waals surface area (Å²) in [6.45, 7) is 0. The van der Waals surface area contributed by atoms with Crippen LogP contribution in [0.15, 0.2) is 146 Å². The second-order valence-electron chi connectivity index (χ2n) is 12.9. The smallest absolute Gasteiger partial charge is 0.160 e. The fraction of sp³-hybridized carbons (Fsp3) is 0.136. The van der Waals surface area contributed by atoms with E-state index in [0.717, 1.165) is 33.9 Å². The summed E-state index contributed by atoms with van der Waals surface area (Å²) in [5.74, 6) is 0.739. The molecule has 0 aliphatic heterocycles. The van der Waals surface area contributed by atoms with Crippen molar-refractivity contribution in [3.63, 3.8) is 0 Å². The number of rotatable bonds is 4. The molecule has 0 atom stereocenters. The Bertz CT molecular complexity index is 2170. The van der Waals surface area contributed by atoms with Crippen molar-refractivity contribution in [1.29, 1.82) is 0 Å². The zero-order valence-electron chi connectivity index (χ0n) is 25.8. The predicted octanol–water partition coefficient (Wildman–Crippen LogP) is 11.5. The van der Waals surface area contributed by atoms with E-state index >= 15 is 0 Å². The molecule has 0 radical (unpaired) electrons. The lowest BCUT2D eigenvalue weighted by atomic mass is 9.67. The van der Waals surface area contributed by atoms with E-state index in [0.29, 0.717) is 0 Å². The van der Waals surface area contributed by atoms with Crippen molar-refractivity contribution < 1.29 is 0 Å². The molecule has 1 spiro atoms. The van der Waals surface area contributed by atoms with Gasteiger partial charge in [-0.1, -0.05) is 141 Å². The number of hydrogen-bond acceptors (Lipinski definition) is 2. The van der Waals surface area contributed by atoms with Crippen LogP contribution < -0.4 is 0 Å². The van der Waals surface area contributed by atoms with Crippen LogP contribution in [0.25, 0.3) is 66.9 Å². The van der Waals surface area contributed by atoms with Gasteiger partial charge in [-0.25, -0.2) is 9.97 Å². The summed E-state index contributed by atoms with van der Waals surface area (Å²) < 4.78 is 0. The van der Waals surface area contributed by atoms with Crippen molar-refractivity contribution >= 4 is 10.8 Å². The minimum atomic E-state index is 0.0996. The van der Waals surface area contributed by atoms with Crippen LogP contribution in [0, 0.1) is 0 Å². The van der Waals surface area contributed by atoms with Crippen molar-refractivity contribution in [1.82, 2.24) is 9.97 Å².